The lowest BCUT2D eigenvalue weighted by Crippen LogP contribution is -2.36. The van der Waals surface area contributed by atoms with Crippen molar-refractivity contribution in [3.8, 4) is 11.5 Å². The van der Waals surface area contributed by atoms with E-state index in [4.69, 9.17) is 14.2 Å². The second-order valence-electron chi connectivity index (χ2n) is 8.47. The van der Waals surface area contributed by atoms with Crippen LogP contribution in [0.15, 0.2) is 36.4 Å². The van der Waals surface area contributed by atoms with Gasteiger partial charge in [-0.25, -0.2) is 0 Å². The van der Waals surface area contributed by atoms with Gasteiger partial charge in [0, 0.05) is 37.7 Å². The normalized spacial score (nSPS) is 20.4. The minimum absolute atomic E-state index is 0.0472. The third-order valence-electron chi connectivity index (χ3n) is 6.44. The molecule has 0 N–H and O–H groups in total. The summed E-state index contributed by atoms with van der Waals surface area (Å²) in [6.45, 7) is 4.07. The molecule has 2 fully saturated rings. The Kier molecular flexibility index (Phi) is 6.04. The van der Waals surface area contributed by atoms with Crippen LogP contribution in [0.4, 0.5) is 11.4 Å². The fourth-order valence-corrected chi connectivity index (χ4v) is 4.78. The molecular formula is C24H27N3O6. The Morgan fingerprint density at radius 2 is 1.73 bits per heavy atom. The number of likely N-dealkylation sites (tertiary alicyclic amines) is 1. The van der Waals surface area contributed by atoms with Crippen LogP contribution in [0, 0.1) is 10.1 Å². The molecule has 0 spiro atoms. The zero-order chi connectivity index (χ0) is 22.8. The number of morpholine rings is 1. The molecule has 0 saturated carbocycles. The van der Waals surface area contributed by atoms with Crippen molar-refractivity contribution in [1.82, 2.24) is 4.90 Å². The fraction of sp³-hybridized carbons (Fsp3) is 0.458. The predicted octanol–water partition coefficient (Wildman–Crippen LogP) is 3.57. The maximum Gasteiger partial charge on any atom is 0.293 e. The number of ether oxygens (including phenoxy) is 3. The van der Waals surface area contributed by atoms with Gasteiger partial charge in [-0.1, -0.05) is 6.07 Å². The van der Waals surface area contributed by atoms with E-state index >= 15 is 0 Å². The summed E-state index contributed by atoms with van der Waals surface area (Å²) in [5, 5.41) is 11.8. The summed E-state index contributed by atoms with van der Waals surface area (Å²) in [5.74, 6) is 1.23. The first-order valence-electron chi connectivity index (χ1n) is 11.4. The first kappa shape index (κ1) is 21.5. The van der Waals surface area contributed by atoms with Crippen LogP contribution in [-0.4, -0.2) is 61.8 Å². The number of nitro groups is 1. The number of carbonyl (C=O) groups is 1. The molecule has 9 nitrogen and oxygen atoms in total. The molecule has 3 heterocycles. The van der Waals surface area contributed by atoms with Crippen molar-refractivity contribution in [2.45, 2.75) is 25.3 Å². The van der Waals surface area contributed by atoms with Gasteiger partial charge in [0.05, 0.1) is 37.4 Å². The second-order valence-corrected chi connectivity index (χ2v) is 8.47. The summed E-state index contributed by atoms with van der Waals surface area (Å²) in [5.41, 5.74) is 1.80. The van der Waals surface area contributed by atoms with Gasteiger partial charge in [0.1, 0.15) is 5.69 Å². The van der Waals surface area contributed by atoms with E-state index in [1.807, 2.05) is 28.0 Å². The number of nitro benzene ring substituents is 1. The minimum Gasteiger partial charge on any atom is -0.490 e. The largest absolute Gasteiger partial charge is 0.490 e. The number of anilines is 1. The number of benzene rings is 2. The molecule has 0 aliphatic carbocycles. The molecule has 33 heavy (non-hydrogen) atoms. The Morgan fingerprint density at radius 3 is 2.52 bits per heavy atom. The number of hydrogen-bond donors (Lipinski definition) is 0. The van der Waals surface area contributed by atoms with Gasteiger partial charge in [0.2, 0.25) is 0 Å². The van der Waals surface area contributed by atoms with Crippen molar-refractivity contribution in [3.05, 3.63) is 57.6 Å². The van der Waals surface area contributed by atoms with E-state index < -0.39 is 4.92 Å². The number of nitrogens with zero attached hydrogens (tertiary/aromatic N) is 3. The molecule has 9 heteroatoms. The van der Waals surface area contributed by atoms with E-state index in [2.05, 4.69) is 0 Å². The Balaban J connectivity index is 1.41. The standard InChI is InChI=1S/C24H27N3O6/c28-24(18-4-6-20(21(15-18)27(29)30)25-9-13-31-14-10-25)26-8-1-3-19(26)17-5-7-22-23(16-17)33-12-2-11-32-22/h4-7,15-16,19H,1-3,8-14H2. The van der Waals surface area contributed by atoms with Crippen LogP contribution in [0.1, 0.15) is 41.2 Å². The summed E-state index contributed by atoms with van der Waals surface area (Å²) in [6, 6.07) is 10.5. The van der Waals surface area contributed by atoms with Gasteiger partial charge >= 0.3 is 0 Å². The van der Waals surface area contributed by atoms with Gasteiger partial charge in [-0.05, 0) is 42.7 Å². The molecule has 2 aromatic rings. The molecule has 2 saturated heterocycles. The number of fused-ring (bicyclic) bond motifs is 1. The molecule has 1 atom stereocenters. The van der Waals surface area contributed by atoms with Crippen LogP contribution < -0.4 is 14.4 Å². The van der Waals surface area contributed by atoms with Crippen LogP contribution >= 0.6 is 0 Å². The molecule has 174 valence electrons. The fourth-order valence-electron chi connectivity index (χ4n) is 4.78. The molecule has 1 amide bonds. The Morgan fingerprint density at radius 1 is 0.939 bits per heavy atom. The van der Waals surface area contributed by atoms with E-state index in [9.17, 15) is 14.9 Å². The second kappa shape index (κ2) is 9.27. The van der Waals surface area contributed by atoms with E-state index in [0.717, 1.165) is 30.6 Å². The van der Waals surface area contributed by atoms with Crippen LogP contribution in [0.25, 0.3) is 0 Å². The monoisotopic (exact) mass is 453 g/mol. The zero-order valence-electron chi connectivity index (χ0n) is 18.4. The molecule has 1 unspecified atom stereocenters. The highest BCUT2D eigenvalue weighted by Crippen LogP contribution is 2.39. The zero-order valence-corrected chi connectivity index (χ0v) is 18.4. The average molecular weight is 453 g/mol. The van der Waals surface area contributed by atoms with Crippen molar-refractivity contribution >= 4 is 17.3 Å². The lowest BCUT2D eigenvalue weighted by molar-refractivity contribution is -0.384. The summed E-state index contributed by atoms with van der Waals surface area (Å²) < 4.78 is 16.9. The Hall–Kier alpha value is -3.33. The minimum atomic E-state index is -0.410. The number of amides is 1. The van der Waals surface area contributed by atoms with Gasteiger partial charge in [-0.3, -0.25) is 14.9 Å². The molecule has 0 aromatic heterocycles. The highest BCUT2D eigenvalue weighted by molar-refractivity contribution is 5.96. The first-order valence-corrected chi connectivity index (χ1v) is 11.4. The quantitative estimate of drug-likeness (QED) is 0.516. The number of carbonyl (C=O) groups excluding carboxylic acids is 1. The highest BCUT2D eigenvalue weighted by Gasteiger charge is 2.33. The maximum atomic E-state index is 13.5. The van der Waals surface area contributed by atoms with Crippen LogP contribution in [-0.2, 0) is 4.74 Å². The van der Waals surface area contributed by atoms with Crippen LogP contribution in [0.3, 0.4) is 0 Å². The third kappa shape index (κ3) is 4.32. The molecule has 0 bridgehead atoms. The van der Waals surface area contributed by atoms with Gasteiger partial charge < -0.3 is 24.0 Å². The van der Waals surface area contributed by atoms with Crippen molar-refractivity contribution in [2.24, 2.45) is 0 Å². The summed E-state index contributed by atoms with van der Waals surface area (Å²) in [7, 11) is 0. The van der Waals surface area contributed by atoms with Gasteiger partial charge in [-0.15, -0.1) is 0 Å². The van der Waals surface area contributed by atoms with Crippen molar-refractivity contribution in [1.29, 1.82) is 0 Å². The van der Waals surface area contributed by atoms with E-state index in [-0.39, 0.29) is 17.6 Å². The molecule has 5 rings (SSSR count). The molecular weight excluding hydrogens is 426 g/mol. The predicted molar refractivity (Wildman–Crippen MR) is 121 cm³/mol. The first-order chi connectivity index (χ1) is 16.1. The third-order valence-corrected chi connectivity index (χ3v) is 6.44. The van der Waals surface area contributed by atoms with E-state index in [1.165, 1.54) is 6.07 Å². The maximum absolute atomic E-state index is 13.5. The lowest BCUT2D eigenvalue weighted by Gasteiger charge is -2.29. The number of hydrogen-bond acceptors (Lipinski definition) is 7. The molecule has 3 aliphatic rings. The average Bonchev–Trinajstić information content (AvgIpc) is 3.22. The summed E-state index contributed by atoms with van der Waals surface area (Å²) in [6.07, 6.45) is 2.54. The van der Waals surface area contributed by atoms with Gasteiger partial charge in [-0.2, -0.15) is 0 Å². The van der Waals surface area contributed by atoms with Crippen molar-refractivity contribution < 1.29 is 23.9 Å². The van der Waals surface area contributed by atoms with E-state index in [0.29, 0.717) is 63.1 Å². The van der Waals surface area contributed by atoms with Crippen LogP contribution in [0.5, 0.6) is 11.5 Å². The van der Waals surface area contributed by atoms with Gasteiger partial charge in [0.25, 0.3) is 11.6 Å². The summed E-state index contributed by atoms with van der Waals surface area (Å²) in [4.78, 5) is 28.6. The van der Waals surface area contributed by atoms with Crippen molar-refractivity contribution in [3.63, 3.8) is 0 Å². The highest BCUT2D eigenvalue weighted by atomic mass is 16.6. The topological polar surface area (TPSA) is 94.4 Å². The van der Waals surface area contributed by atoms with Gasteiger partial charge in [0.15, 0.2) is 11.5 Å². The number of rotatable bonds is 4. The lowest BCUT2D eigenvalue weighted by atomic mass is 10.0. The van der Waals surface area contributed by atoms with Crippen molar-refractivity contribution in [2.75, 3.05) is 51.0 Å². The Bertz CT molecular complexity index is 1050. The molecule has 2 aromatic carbocycles. The Labute approximate surface area is 192 Å². The SMILES string of the molecule is O=C(c1ccc(N2CCOCC2)c([N+](=O)[O-])c1)N1CCCC1c1ccc2c(c1)OCCCO2. The summed E-state index contributed by atoms with van der Waals surface area (Å²) >= 11 is 0. The smallest absolute Gasteiger partial charge is 0.293 e. The van der Waals surface area contributed by atoms with E-state index in [1.54, 1.807) is 12.1 Å². The van der Waals surface area contributed by atoms with Crippen LogP contribution in [0.2, 0.25) is 0 Å². The molecule has 0 radical (unpaired) electrons. The molecule has 3 aliphatic heterocycles.